The summed E-state index contributed by atoms with van der Waals surface area (Å²) in [5.41, 5.74) is 0. The SMILES string of the molecule is CCN1CCN(CC(=O)[O-])CCN(CC(=O)NCCSSCCNC(=O)CCC(NC(=O)C(CCC(=O)O)NC)C(C)=O)CCN(CC(=O)[O-])CC1. The van der Waals surface area contributed by atoms with E-state index in [2.05, 4.69) is 26.2 Å². The van der Waals surface area contributed by atoms with Gasteiger partial charge in [-0.3, -0.25) is 38.7 Å². The molecule has 1 heterocycles. The lowest BCUT2D eigenvalue weighted by Gasteiger charge is -2.34. The number of Topliss-reactive ketones (excluding diaryl/α,β-unsaturated/α-hetero) is 1. The van der Waals surface area contributed by atoms with Crippen LogP contribution in [0.25, 0.3) is 0 Å². The van der Waals surface area contributed by atoms with Crippen LogP contribution in [-0.2, 0) is 33.6 Å². The van der Waals surface area contributed by atoms with Crippen LogP contribution in [0.5, 0.6) is 0 Å². The predicted octanol–water partition coefficient (Wildman–Crippen LogP) is -4.35. The van der Waals surface area contributed by atoms with Crippen LogP contribution in [0.3, 0.4) is 0 Å². The van der Waals surface area contributed by atoms with Crippen molar-refractivity contribution >= 4 is 63.0 Å². The molecule has 52 heavy (non-hydrogen) atoms. The molecule has 0 spiro atoms. The van der Waals surface area contributed by atoms with Crippen LogP contribution in [0.1, 0.15) is 39.5 Å². The monoisotopic (exact) mass is 776 g/mol. The zero-order chi connectivity index (χ0) is 38.9. The minimum Gasteiger partial charge on any atom is -0.549 e. The van der Waals surface area contributed by atoms with Gasteiger partial charge >= 0.3 is 5.97 Å². The first kappa shape index (κ1) is 47.0. The van der Waals surface area contributed by atoms with E-state index in [4.69, 9.17) is 5.11 Å². The maximum absolute atomic E-state index is 12.8. The van der Waals surface area contributed by atoms with Crippen LogP contribution in [0, 0.1) is 0 Å². The number of carboxylic acids is 3. The Bertz CT molecular complexity index is 1120. The van der Waals surface area contributed by atoms with Crippen molar-refractivity contribution in [1.82, 2.24) is 40.9 Å². The summed E-state index contributed by atoms with van der Waals surface area (Å²) >= 11 is 0. The van der Waals surface area contributed by atoms with Gasteiger partial charge in [-0.15, -0.1) is 0 Å². The van der Waals surface area contributed by atoms with Crippen molar-refractivity contribution in [2.75, 3.05) is 110 Å². The van der Waals surface area contributed by atoms with Crippen molar-refractivity contribution in [2.24, 2.45) is 0 Å². The number of rotatable bonds is 24. The number of carbonyl (C=O) groups is 7. The number of hydrogen-bond acceptors (Lipinski definition) is 16. The number of ketones is 1. The van der Waals surface area contributed by atoms with Crippen LogP contribution >= 0.6 is 21.6 Å². The van der Waals surface area contributed by atoms with E-state index in [9.17, 15) is 43.8 Å². The van der Waals surface area contributed by atoms with Crippen molar-refractivity contribution in [3.05, 3.63) is 0 Å². The van der Waals surface area contributed by atoms with Crippen LogP contribution in [0.4, 0.5) is 0 Å². The Kier molecular flexibility index (Phi) is 24.9. The van der Waals surface area contributed by atoms with Crippen molar-refractivity contribution in [1.29, 1.82) is 0 Å². The first-order chi connectivity index (χ1) is 24.7. The fourth-order valence-corrected chi connectivity index (χ4v) is 7.08. The van der Waals surface area contributed by atoms with E-state index >= 15 is 0 Å². The molecule has 1 aliphatic heterocycles. The maximum Gasteiger partial charge on any atom is 0.303 e. The number of aliphatic carboxylic acids is 3. The van der Waals surface area contributed by atoms with Gasteiger partial charge in [0.1, 0.15) is 0 Å². The van der Waals surface area contributed by atoms with E-state index in [-0.39, 0.29) is 62.9 Å². The number of carbonyl (C=O) groups excluding carboxylic acids is 6. The Hall–Kier alpha value is -3.01. The second-order valence-corrected chi connectivity index (χ2v) is 15.0. The summed E-state index contributed by atoms with van der Waals surface area (Å²) in [6.07, 6.45) is -0.0200. The number of amides is 3. The molecule has 2 atom stereocenters. The van der Waals surface area contributed by atoms with Gasteiger partial charge in [-0.2, -0.15) is 0 Å². The van der Waals surface area contributed by atoms with Crippen molar-refractivity contribution < 1.29 is 48.9 Å². The smallest absolute Gasteiger partial charge is 0.303 e. The van der Waals surface area contributed by atoms with Crippen molar-refractivity contribution in [2.45, 2.75) is 51.6 Å². The minimum atomic E-state index is -1.17. The second kappa shape index (κ2) is 27.6. The number of likely N-dealkylation sites (N-methyl/N-ethyl adjacent to an activating group) is 2. The molecule has 0 saturated carbocycles. The standard InChI is InChI=1S/C32H58N8O10S2/c1-4-37-11-13-39(22-30(46)47)17-15-38(16-18-40(14-12-37)23-31(48)49)21-28(43)35-10-20-52-51-19-9-34-27(42)7-5-25(24(2)41)36-32(50)26(33-3)6-8-29(44)45/h25-26,33H,4-23H2,1-3H3,(H,34,42)(H,35,43)(H,36,50)(H,44,45)(H,46,47)(H,48,49)/p-2. The zero-order valence-corrected chi connectivity index (χ0v) is 32.2. The van der Waals surface area contributed by atoms with Crippen LogP contribution in [-0.4, -0.2) is 188 Å². The van der Waals surface area contributed by atoms with Gasteiger partial charge in [0.05, 0.1) is 30.6 Å². The van der Waals surface area contributed by atoms with E-state index < -0.39 is 35.9 Å². The molecule has 18 nitrogen and oxygen atoms in total. The van der Waals surface area contributed by atoms with Gasteiger partial charge in [0, 0.05) is 103 Å². The van der Waals surface area contributed by atoms with Gasteiger partial charge in [0.25, 0.3) is 0 Å². The van der Waals surface area contributed by atoms with Crippen molar-refractivity contribution in [3.63, 3.8) is 0 Å². The highest BCUT2D eigenvalue weighted by Gasteiger charge is 2.24. The molecule has 20 heteroatoms. The third kappa shape index (κ3) is 22.8. The van der Waals surface area contributed by atoms with Gasteiger partial charge < -0.3 is 51.1 Å². The number of carboxylic acid groups (broad SMARTS) is 3. The first-order valence-corrected chi connectivity index (χ1v) is 20.0. The molecule has 0 aromatic rings. The summed E-state index contributed by atoms with van der Waals surface area (Å²) in [5, 5.41) is 42.5. The highest BCUT2D eigenvalue weighted by Crippen LogP contribution is 2.19. The fourth-order valence-electron chi connectivity index (χ4n) is 5.26. The number of hydrogen-bond donors (Lipinski definition) is 5. The Morgan fingerprint density at radius 2 is 1.12 bits per heavy atom. The van der Waals surface area contributed by atoms with Crippen LogP contribution in [0.15, 0.2) is 0 Å². The highest BCUT2D eigenvalue weighted by molar-refractivity contribution is 8.76. The number of nitrogens with zero attached hydrogens (tertiary/aromatic N) is 4. The third-order valence-electron chi connectivity index (χ3n) is 8.33. The molecule has 1 saturated heterocycles. The van der Waals surface area contributed by atoms with E-state index in [1.54, 1.807) is 9.80 Å². The largest absolute Gasteiger partial charge is 0.549 e. The average molecular weight is 777 g/mol. The summed E-state index contributed by atoms with van der Waals surface area (Å²) < 4.78 is 0. The lowest BCUT2D eigenvalue weighted by molar-refractivity contribution is -0.307. The summed E-state index contributed by atoms with van der Waals surface area (Å²) in [7, 11) is 4.56. The molecule has 0 aliphatic carbocycles. The molecular weight excluding hydrogens is 721 g/mol. The molecular formula is C32H56N8O10S2-2. The summed E-state index contributed by atoms with van der Waals surface area (Å²) in [5.74, 6) is -3.47. The Balaban J connectivity index is 2.43. The molecule has 1 fully saturated rings. The topological polar surface area (TPSA) is 247 Å². The van der Waals surface area contributed by atoms with E-state index in [1.807, 2.05) is 11.8 Å². The fraction of sp³-hybridized carbons (Fsp3) is 0.781. The molecule has 5 N–H and O–H groups in total. The maximum atomic E-state index is 12.8. The lowest BCUT2D eigenvalue weighted by atomic mass is 10.1. The molecule has 0 radical (unpaired) electrons. The second-order valence-electron chi connectivity index (χ2n) is 12.3. The van der Waals surface area contributed by atoms with E-state index in [1.165, 1.54) is 35.6 Å². The summed E-state index contributed by atoms with van der Waals surface area (Å²) in [4.78, 5) is 90.7. The van der Waals surface area contributed by atoms with Gasteiger partial charge in [-0.1, -0.05) is 28.5 Å². The lowest BCUT2D eigenvalue weighted by Crippen LogP contribution is -2.51. The van der Waals surface area contributed by atoms with Crippen LogP contribution < -0.4 is 31.5 Å². The Labute approximate surface area is 313 Å². The van der Waals surface area contributed by atoms with E-state index in [0.717, 1.165) is 6.54 Å². The van der Waals surface area contributed by atoms with Gasteiger partial charge in [-0.25, -0.2) is 0 Å². The van der Waals surface area contributed by atoms with Crippen molar-refractivity contribution in [3.8, 4) is 0 Å². The molecule has 1 rings (SSSR count). The number of nitrogens with one attached hydrogen (secondary N) is 4. The highest BCUT2D eigenvalue weighted by atomic mass is 33.1. The summed E-state index contributed by atoms with van der Waals surface area (Å²) in [6, 6.07) is -1.64. The average Bonchev–Trinajstić information content (AvgIpc) is 3.07. The molecule has 0 bridgehead atoms. The summed E-state index contributed by atoms with van der Waals surface area (Å²) in [6.45, 7) is 8.33. The predicted molar refractivity (Wildman–Crippen MR) is 194 cm³/mol. The molecule has 0 aromatic heterocycles. The molecule has 2 unspecified atom stereocenters. The van der Waals surface area contributed by atoms with Gasteiger partial charge in [-0.05, 0) is 33.4 Å². The van der Waals surface area contributed by atoms with Gasteiger partial charge in [0.15, 0.2) is 5.78 Å². The third-order valence-corrected chi connectivity index (χ3v) is 10.7. The normalized spacial score (nSPS) is 16.8. The molecule has 298 valence electrons. The molecule has 0 aromatic carbocycles. The molecule has 1 aliphatic rings. The molecule has 3 amide bonds. The Morgan fingerprint density at radius 3 is 1.54 bits per heavy atom. The first-order valence-electron chi connectivity index (χ1n) is 17.5. The minimum absolute atomic E-state index is 0.0196. The zero-order valence-electron chi connectivity index (χ0n) is 30.5. The quantitative estimate of drug-likeness (QED) is 0.0459. The van der Waals surface area contributed by atoms with Gasteiger partial charge in [0.2, 0.25) is 17.7 Å². The van der Waals surface area contributed by atoms with Crippen LogP contribution in [0.2, 0.25) is 0 Å². The van der Waals surface area contributed by atoms with E-state index in [0.29, 0.717) is 77.0 Å². The Morgan fingerprint density at radius 1 is 0.673 bits per heavy atom.